The molecule has 2 aromatic rings. The lowest BCUT2D eigenvalue weighted by Crippen LogP contribution is -2.45. The largest absolute Gasteiger partial charge is 0.334 e. The number of amides is 1. The van der Waals surface area contributed by atoms with Crippen molar-refractivity contribution in [3.63, 3.8) is 0 Å². The molecule has 112 valence electrons. The topological polar surface area (TPSA) is 85.8 Å². The van der Waals surface area contributed by atoms with Gasteiger partial charge in [-0.3, -0.25) is 9.59 Å². The average Bonchev–Trinajstić information content (AvgIpc) is 2.54. The maximum absolute atomic E-state index is 12.2. The Labute approximate surface area is 128 Å². The number of aryl methyl sites for hydroxylation is 1. The summed E-state index contributed by atoms with van der Waals surface area (Å²) in [4.78, 5) is 25.6. The van der Waals surface area contributed by atoms with Gasteiger partial charge in [-0.25, -0.2) is 0 Å². The average molecular weight is 295 g/mol. The second kappa shape index (κ2) is 6.72. The third-order valence-corrected chi connectivity index (χ3v) is 3.44. The van der Waals surface area contributed by atoms with Gasteiger partial charge in [-0.2, -0.15) is 5.26 Å². The molecule has 0 aliphatic carbocycles. The van der Waals surface area contributed by atoms with Crippen molar-refractivity contribution in [2.24, 2.45) is 0 Å². The number of aromatic amines is 1. The van der Waals surface area contributed by atoms with E-state index in [2.05, 4.69) is 16.4 Å². The summed E-state index contributed by atoms with van der Waals surface area (Å²) in [6.45, 7) is 1.69. The first-order valence-corrected chi connectivity index (χ1v) is 6.99. The molecule has 0 unspecified atom stereocenters. The number of pyridine rings is 1. The molecule has 22 heavy (non-hydrogen) atoms. The van der Waals surface area contributed by atoms with Crippen molar-refractivity contribution in [3.8, 4) is 6.07 Å². The van der Waals surface area contributed by atoms with Crippen LogP contribution in [0, 0.1) is 11.3 Å². The van der Waals surface area contributed by atoms with Crippen molar-refractivity contribution in [2.45, 2.75) is 25.3 Å². The number of rotatable bonds is 5. The van der Waals surface area contributed by atoms with Crippen molar-refractivity contribution >= 4 is 5.91 Å². The molecule has 0 saturated carbocycles. The summed E-state index contributed by atoms with van der Waals surface area (Å²) in [5, 5.41) is 12.1. The molecule has 0 saturated heterocycles. The van der Waals surface area contributed by atoms with Gasteiger partial charge in [0.25, 0.3) is 5.91 Å². The minimum atomic E-state index is -0.969. The van der Waals surface area contributed by atoms with E-state index in [0.717, 1.165) is 5.56 Å². The molecule has 1 aromatic carbocycles. The van der Waals surface area contributed by atoms with Crippen molar-refractivity contribution in [1.82, 2.24) is 10.3 Å². The molecule has 1 heterocycles. The molecule has 2 rings (SSSR count). The van der Waals surface area contributed by atoms with Gasteiger partial charge in [-0.15, -0.1) is 0 Å². The minimum Gasteiger partial charge on any atom is -0.334 e. The van der Waals surface area contributed by atoms with Crippen molar-refractivity contribution < 1.29 is 4.79 Å². The molecule has 2 N–H and O–H groups in total. The Hall–Kier alpha value is -2.87. The standard InChI is InChI=1S/C17H17N3O2/c1-17(12-18,10-9-13-5-3-2-4-6-13)20-16(22)14-7-8-15(21)19-11-14/h2-8,11H,9-10H2,1H3,(H,19,21)(H,20,22)/t17-/m0/s1. The van der Waals surface area contributed by atoms with Crippen LogP contribution in [-0.2, 0) is 6.42 Å². The fraction of sp³-hybridized carbons (Fsp3) is 0.235. The smallest absolute Gasteiger partial charge is 0.253 e. The van der Waals surface area contributed by atoms with Crippen LogP contribution in [0.1, 0.15) is 29.3 Å². The third-order valence-electron chi connectivity index (χ3n) is 3.44. The zero-order valence-corrected chi connectivity index (χ0v) is 12.3. The van der Waals surface area contributed by atoms with Gasteiger partial charge in [0.05, 0.1) is 11.6 Å². The molecule has 0 radical (unpaired) electrons. The van der Waals surface area contributed by atoms with Crippen LogP contribution in [0.25, 0.3) is 0 Å². The minimum absolute atomic E-state index is 0.274. The van der Waals surface area contributed by atoms with Gasteiger partial charge in [0, 0.05) is 12.3 Å². The first-order valence-electron chi connectivity index (χ1n) is 6.99. The maximum Gasteiger partial charge on any atom is 0.253 e. The zero-order valence-electron chi connectivity index (χ0n) is 12.3. The van der Waals surface area contributed by atoms with E-state index >= 15 is 0 Å². The quantitative estimate of drug-likeness (QED) is 0.884. The van der Waals surface area contributed by atoms with Crippen molar-refractivity contribution in [2.75, 3.05) is 0 Å². The molecule has 1 amide bonds. The molecule has 0 fully saturated rings. The van der Waals surface area contributed by atoms with Crippen LogP contribution in [0.3, 0.4) is 0 Å². The van der Waals surface area contributed by atoms with Gasteiger partial charge in [0.1, 0.15) is 5.54 Å². The Kier molecular flexibility index (Phi) is 4.74. The lowest BCUT2D eigenvalue weighted by atomic mass is 9.94. The lowest BCUT2D eigenvalue weighted by Gasteiger charge is -2.23. The Balaban J connectivity index is 2.03. The number of carbonyl (C=O) groups excluding carboxylic acids is 1. The maximum atomic E-state index is 12.2. The normalized spacial score (nSPS) is 12.9. The van der Waals surface area contributed by atoms with Crippen molar-refractivity contribution in [3.05, 3.63) is 70.1 Å². The van der Waals surface area contributed by atoms with Gasteiger partial charge in [-0.05, 0) is 31.4 Å². The van der Waals surface area contributed by atoms with Gasteiger partial charge in [0.2, 0.25) is 5.56 Å². The Morgan fingerprint density at radius 2 is 2.00 bits per heavy atom. The van der Waals surface area contributed by atoms with E-state index in [4.69, 9.17) is 0 Å². The Bertz CT molecular complexity index is 726. The summed E-state index contributed by atoms with van der Waals surface area (Å²) in [5.74, 6) is -0.381. The molecule has 1 aromatic heterocycles. The predicted octanol–water partition coefficient (Wildman–Crippen LogP) is 2.02. The van der Waals surface area contributed by atoms with E-state index < -0.39 is 5.54 Å². The van der Waals surface area contributed by atoms with Crippen LogP contribution in [0.15, 0.2) is 53.5 Å². The van der Waals surface area contributed by atoms with E-state index in [-0.39, 0.29) is 11.5 Å². The highest BCUT2D eigenvalue weighted by atomic mass is 16.2. The highest BCUT2D eigenvalue weighted by Crippen LogP contribution is 2.14. The molecule has 5 nitrogen and oxygen atoms in total. The number of carbonyl (C=O) groups is 1. The summed E-state index contributed by atoms with van der Waals surface area (Å²) in [7, 11) is 0. The van der Waals surface area contributed by atoms with Gasteiger partial charge < -0.3 is 10.3 Å². The number of H-pyrrole nitrogens is 1. The van der Waals surface area contributed by atoms with Gasteiger partial charge in [0.15, 0.2) is 0 Å². The van der Waals surface area contributed by atoms with E-state index in [1.807, 2.05) is 30.3 Å². The number of aromatic nitrogens is 1. The Morgan fingerprint density at radius 1 is 1.27 bits per heavy atom. The predicted molar refractivity (Wildman–Crippen MR) is 83.3 cm³/mol. The molecular weight excluding hydrogens is 278 g/mol. The highest BCUT2D eigenvalue weighted by Gasteiger charge is 2.26. The Morgan fingerprint density at radius 3 is 2.59 bits per heavy atom. The SMILES string of the molecule is C[C@@](C#N)(CCc1ccccc1)NC(=O)c1ccc(=O)[nH]c1. The van der Waals surface area contributed by atoms with Crippen LogP contribution in [-0.4, -0.2) is 16.4 Å². The van der Waals surface area contributed by atoms with E-state index in [1.54, 1.807) is 6.92 Å². The molecular formula is C17H17N3O2. The molecule has 0 spiro atoms. The number of nitrogens with zero attached hydrogens (tertiary/aromatic N) is 1. The molecule has 0 aliphatic heterocycles. The summed E-state index contributed by atoms with van der Waals surface area (Å²) >= 11 is 0. The first-order chi connectivity index (χ1) is 10.5. The highest BCUT2D eigenvalue weighted by molar-refractivity contribution is 5.94. The van der Waals surface area contributed by atoms with Crippen LogP contribution in [0.5, 0.6) is 0 Å². The fourth-order valence-electron chi connectivity index (χ4n) is 2.06. The van der Waals surface area contributed by atoms with Crippen LogP contribution in [0.2, 0.25) is 0 Å². The van der Waals surface area contributed by atoms with E-state index in [9.17, 15) is 14.9 Å². The molecule has 0 bridgehead atoms. The first kappa shape index (κ1) is 15.5. The van der Waals surface area contributed by atoms with Gasteiger partial charge >= 0.3 is 0 Å². The molecule has 0 aliphatic rings. The molecule has 1 atom stereocenters. The van der Waals surface area contributed by atoms with Crippen LogP contribution in [0.4, 0.5) is 0 Å². The number of benzene rings is 1. The monoisotopic (exact) mass is 295 g/mol. The van der Waals surface area contributed by atoms with Gasteiger partial charge in [-0.1, -0.05) is 30.3 Å². The number of nitrogens with one attached hydrogen (secondary N) is 2. The lowest BCUT2D eigenvalue weighted by molar-refractivity contribution is 0.0921. The number of nitriles is 1. The van der Waals surface area contributed by atoms with Crippen molar-refractivity contribution in [1.29, 1.82) is 5.26 Å². The summed E-state index contributed by atoms with van der Waals surface area (Å²) in [6, 6.07) is 14.7. The fourth-order valence-corrected chi connectivity index (χ4v) is 2.06. The second-order valence-electron chi connectivity index (χ2n) is 5.33. The summed E-state index contributed by atoms with van der Waals surface area (Å²) in [5.41, 5.74) is 0.190. The van der Waals surface area contributed by atoms with E-state index in [1.165, 1.54) is 18.3 Å². The second-order valence-corrected chi connectivity index (χ2v) is 5.33. The number of hydrogen-bond donors (Lipinski definition) is 2. The van der Waals surface area contributed by atoms with Crippen LogP contribution < -0.4 is 10.9 Å². The zero-order chi connectivity index (χ0) is 16.0. The molecule has 5 heteroatoms. The summed E-state index contributed by atoms with van der Waals surface area (Å²) in [6.07, 6.45) is 2.53. The number of hydrogen-bond acceptors (Lipinski definition) is 3. The summed E-state index contributed by atoms with van der Waals surface area (Å²) < 4.78 is 0. The third kappa shape index (κ3) is 4.06. The van der Waals surface area contributed by atoms with Crippen LogP contribution >= 0.6 is 0 Å². The van der Waals surface area contributed by atoms with E-state index in [0.29, 0.717) is 18.4 Å².